The van der Waals surface area contributed by atoms with Gasteiger partial charge in [-0.25, -0.2) is 0 Å². The molecule has 3 unspecified atom stereocenters. The van der Waals surface area contributed by atoms with Crippen LogP contribution in [0.3, 0.4) is 0 Å². The average molecular weight is 283 g/mol. The number of hydrogen-bond acceptors (Lipinski definition) is 3. The molecule has 1 N–H and O–H groups in total. The molecule has 0 aromatic carbocycles. The second kappa shape index (κ2) is 9.01. The van der Waals surface area contributed by atoms with Gasteiger partial charge in [-0.15, -0.1) is 0 Å². The Balaban J connectivity index is 1.50. The van der Waals surface area contributed by atoms with Crippen LogP contribution in [0.25, 0.3) is 0 Å². The molecule has 1 saturated carbocycles. The van der Waals surface area contributed by atoms with Crippen LogP contribution in [0.1, 0.15) is 65.2 Å². The van der Waals surface area contributed by atoms with Crippen molar-refractivity contribution in [2.75, 3.05) is 19.8 Å². The Morgan fingerprint density at radius 2 is 1.95 bits per heavy atom. The lowest BCUT2D eigenvalue weighted by Crippen LogP contribution is -2.29. The first-order valence-corrected chi connectivity index (χ1v) is 8.78. The monoisotopic (exact) mass is 283 g/mol. The third-order valence-electron chi connectivity index (χ3n) is 4.61. The SMILES string of the molecule is CCCCC(CC)COCC1CCC(CNC2CC2)O1. The summed E-state index contributed by atoms with van der Waals surface area (Å²) >= 11 is 0. The highest BCUT2D eigenvalue weighted by molar-refractivity contribution is 4.84. The number of unbranched alkanes of at least 4 members (excludes halogenated alkanes) is 1. The number of rotatable bonds is 11. The minimum absolute atomic E-state index is 0.338. The van der Waals surface area contributed by atoms with Gasteiger partial charge in [0.2, 0.25) is 0 Å². The van der Waals surface area contributed by atoms with Gasteiger partial charge in [0.1, 0.15) is 0 Å². The van der Waals surface area contributed by atoms with E-state index in [2.05, 4.69) is 19.2 Å². The van der Waals surface area contributed by atoms with Gasteiger partial charge in [-0.3, -0.25) is 0 Å². The molecule has 1 aliphatic carbocycles. The van der Waals surface area contributed by atoms with E-state index in [9.17, 15) is 0 Å². The Morgan fingerprint density at radius 1 is 1.15 bits per heavy atom. The van der Waals surface area contributed by atoms with Crippen LogP contribution >= 0.6 is 0 Å². The Hall–Kier alpha value is -0.120. The zero-order valence-electron chi connectivity index (χ0n) is 13.4. The van der Waals surface area contributed by atoms with E-state index >= 15 is 0 Å². The second-order valence-corrected chi connectivity index (χ2v) is 6.59. The molecule has 3 nitrogen and oxygen atoms in total. The summed E-state index contributed by atoms with van der Waals surface area (Å²) in [6, 6.07) is 0.790. The highest BCUT2D eigenvalue weighted by Crippen LogP contribution is 2.23. The molecule has 2 rings (SSSR count). The van der Waals surface area contributed by atoms with Gasteiger partial charge < -0.3 is 14.8 Å². The summed E-state index contributed by atoms with van der Waals surface area (Å²) in [5, 5.41) is 3.56. The molecule has 3 atom stereocenters. The molecule has 1 aliphatic heterocycles. The Bertz CT molecular complexity index is 255. The standard InChI is InChI=1S/C17H33NO2/c1-3-5-6-14(4-2)12-19-13-17-10-9-16(20-17)11-18-15-7-8-15/h14-18H,3-13H2,1-2H3. The van der Waals surface area contributed by atoms with Crippen molar-refractivity contribution in [1.82, 2.24) is 5.32 Å². The normalized spacial score (nSPS) is 27.9. The topological polar surface area (TPSA) is 30.5 Å². The molecular weight excluding hydrogens is 250 g/mol. The van der Waals surface area contributed by atoms with Crippen LogP contribution in [-0.4, -0.2) is 38.0 Å². The van der Waals surface area contributed by atoms with Crippen LogP contribution in [0.4, 0.5) is 0 Å². The Kier molecular flexibility index (Phi) is 7.32. The maximum Gasteiger partial charge on any atom is 0.0813 e. The lowest BCUT2D eigenvalue weighted by molar-refractivity contribution is -0.0230. The molecule has 0 amide bonds. The maximum absolute atomic E-state index is 6.05. The summed E-state index contributed by atoms with van der Waals surface area (Å²) in [6.07, 6.45) is 11.0. The van der Waals surface area contributed by atoms with Gasteiger partial charge in [0.05, 0.1) is 18.8 Å². The molecular formula is C17H33NO2. The van der Waals surface area contributed by atoms with Crippen molar-refractivity contribution >= 4 is 0 Å². The van der Waals surface area contributed by atoms with Crippen LogP contribution in [0, 0.1) is 5.92 Å². The molecule has 0 aromatic heterocycles. The van der Waals surface area contributed by atoms with Crippen LogP contribution in [-0.2, 0) is 9.47 Å². The van der Waals surface area contributed by atoms with Crippen LogP contribution in [0.15, 0.2) is 0 Å². The van der Waals surface area contributed by atoms with E-state index in [1.165, 1.54) is 51.4 Å². The molecule has 20 heavy (non-hydrogen) atoms. The van der Waals surface area contributed by atoms with Crippen molar-refractivity contribution in [3.63, 3.8) is 0 Å². The summed E-state index contributed by atoms with van der Waals surface area (Å²) in [6.45, 7) is 7.28. The fourth-order valence-corrected chi connectivity index (χ4v) is 2.90. The van der Waals surface area contributed by atoms with Crippen molar-refractivity contribution in [2.45, 2.75) is 83.5 Å². The minimum atomic E-state index is 0.338. The quantitative estimate of drug-likeness (QED) is 0.629. The fourth-order valence-electron chi connectivity index (χ4n) is 2.90. The lowest BCUT2D eigenvalue weighted by atomic mass is 10.0. The smallest absolute Gasteiger partial charge is 0.0813 e. The highest BCUT2D eigenvalue weighted by atomic mass is 16.5. The summed E-state index contributed by atoms with van der Waals surface area (Å²) in [7, 11) is 0. The minimum Gasteiger partial charge on any atom is -0.378 e. The average Bonchev–Trinajstić information content (AvgIpc) is 3.19. The van der Waals surface area contributed by atoms with E-state index < -0.39 is 0 Å². The molecule has 1 saturated heterocycles. The first-order valence-electron chi connectivity index (χ1n) is 8.78. The molecule has 118 valence electrons. The summed E-state index contributed by atoms with van der Waals surface area (Å²) in [5.74, 6) is 0.740. The zero-order chi connectivity index (χ0) is 14.2. The lowest BCUT2D eigenvalue weighted by Gasteiger charge is -2.18. The van der Waals surface area contributed by atoms with E-state index in [1.54, 1.807) is 0 Å². The molecule has 2 fully saturated rings. The van der Waals surface area contributed by atoms with E-state index in [-0.39, 0.29) is 0 Å². The van der Waals surface area contributed by atoms with Gasteiger partial charge in [-0.2, -0.15) is 0 Å². The van der Waals surface area contributed by atoms with Crippen LogP contribution in [0.5, 0.6) is 0 Å². The molecule has 2 aliphatic rings. The van der Waals surface area contributed by atoms with Crippen molar-refractivity contribution in [1.29, 1.82) is 0 Å². The van der Waals surface area contributed by atoms with Crippen molar-refractivity contribution < 1.29 is 9.47 Å². The van der Waals surface area contributed by atoms with Gasteiger partial charge in [0, 0.05) is 19.2 Å². The fraction of sp³-hybridized carbons (Fsp3) is 1.00. The van der Waals surface area contributed by atoms with Crippen LogP contribution < -0.4 is 5.32 Å². The molecule has 3 heteroatoms. The third kappa shape index (κ3) is 6.11. The van der Waals surface area contributed by atoms with Crippen molar-refractivity contribution in [3.8, 4) is 0 Å². The van der Waals surface area contributed by atoms with Gasteiger partial charge >= 0.3 is 0 Å². The van der Waals surface area contributed by atoms with Gasteiger partial charge in [0.25, 0.3) is 0 Å². The molecule has 0 radical (unpaired) electrons. The summed E-state index contributed by atoms with van der Waals surface area (Å²) < 4.78 is 12.0. The van der Waals surface area contributed by atoms with Crippen molar-refractivity contribution in [3.05, 3.63) is 0 Å². The molecule has 1 heterocycles. The summed E-state index contributed by atoms with van der Waals surface area (Å²) in [4.78, 5) is 0. The number of ether oxygens (including phenoxy) is 2. The van der Waals surface area contributed by atoms with Crippen LogP contribution in [0.2, 0.25) is 0 Å². The third-order valence-corrected chi connectivity index (χ3v) is 4.61. The van der Waals surface area contributed by atoms with E-state index in [4.69, 9.17) is 9.47 Å². The van der Waals surface area contributed by atoms with E-state index in [1.807, 2.05) is 0 Å². The Labute approximate surface area is 124 Å². The van der Waals surface area contributed by atoms with Gasteiger partial charge in [-0.05, 0) is 38.0 Å². The van der Waals surface area contributed by atoms with Gasteiger partial charge in [0.15, 0.2) is 0 Å². The summed E-state index contributed by atoms with van der Waals surface area (Å²) in [5.41, 5.74) is 0. The maximum atomic E-state index is 6.05. The van der Waals surface area contributed by atoms with E-state index in [0.29, 0.717) is 12.2 Å². The number of nitrogens with one attached hydrogen (secondary N) is 1. The first-order chi connectivity index (χ1) is 9.81. The molecule has 0 bridgehead atoms. The molecule has 0 aromatic rings. The van der Waals surface area contributed by atoms with E-state index in [0.717, 1.165) is 31.7 Å². The van der Waals surface area contributed by atoms with Gasteiger partial charge in [-0.1, -0.05) is 33.1 Å². The predicted molar refractivity (Wildman–Crippen MR) is 83.0 cm³/mol. The largest absolute Gasteiger partial charge is 0.378 e. The Morgan fingerprint density at radius 3 is 2.65 bits per heavy atom. The second-order valence-electron chi connectivity index (χ2n) is 6.59. The highest BCUT2D eigenvalue weighted by Gasteiger charge is 2.28. The van der Waals surface area contributed by atoms with Crippen molar-refractivity contribution in [2.24, 2.45) is 5.92 Å². The predicted octanol–water partition coefficient (Wildman–Crippen LogP) is 3.52. The zero-order valence-corrected chi connectivity index (χ0v) is 13.4. The molecule has 0 spiro atoms. The number of hydrogen-bond donors (Lipinski definition) is 1. The first kappa shape index (κ1) is 16.3.